The topological polar surface area (TPSA) is 103 Å². The SMILES string of the molecule is C/C(=N/OCCN1CCCCC1)[C@H]1CC[C@@]2(O)C3=CC(=O)[C@@H]4C[C@@H](O)[C@@H](O)C[C@]4(C)C3CC[C@]12C. The zero-order valence-corrected chi connectivity index (χ0v) is 21.7. The summed E-state index contributed by atoms with van der Waals surface area (Å²) < 4.78 is 0. The number of hydrogen-bond donors (Lipinski definition) is 3. The highest BCUT2D eigenvalue weighted by atomic mass is 16.6. The Balaban J connectivity index is 1.33. The fourth-order valence-electron chi connectivity index (χ4n) is 8.60. The molecule has 3 N–H and O–H groups in total. The predicted octanol–water partition coefficient (Wildman–Crippen LogP) is 3.07. The Labute approximate surface area is 209 Å². The molecule has 1 unspecified atom stereocenters. The summed E-state index contributed by atoms with van der Waals surface area (Å²) in [6.07, 6.45) is 7.72. The molecule has 7 heteroatoms. The molecular weight excluding hydrogens is 444 g/mol. The third kappa shape index (κ3) is 4.01. The molecule has 1 saturated heterocycles. The maximum atomic E-state index is 13.3. The lowest BCUT2D eigenvalue weighted by Gasteiger charge is -2.59. The first-order valence-corrected chi connectivity index (χ1v) is 13.8. The van der Waals surface area contributed by atoms with Crippen molar-refractivity contribution < 1.29 is 25.0 Å². The summed E-state index contributed by atoms with van der Waals surface area (Å²) in [7, 11) is 0. The third-order valence-corrected chi connectivity index (χ3v) is 10.8. The zero-order valence-electron chi connectivity index (χ0n) is 21.7. The fourth-order valence-corrected chi connectivity index (χ4v) is 8.60. The normalized spacial score (nSPS) is 46.5. The van der Waals surface area contributed by atoms with Crippen molar-refractivity contribution in [2.45, 2.75) is 96.4 Å². The van der Waals surface area contributed by atoms with Gasteiger partial charge in [-0.15, -0.1) is 0 Å². The van der Waals surface area contributed by atoms with Crippen molar-refractivity contribution >= 4 is 11.5 Å². The molecule has 7 nitrogen and oxygen atoms in total. The summed E-state index contributed by atoms with van der Waals surface area (Å²) in [5, 5.41) is 37.5. The minimum Gasteiger partial charge on any atom is -0.394 e. The van der Waals surface area contributed by atoms with Crippen LogP contribution in [-0.2, 0) is 9.63 Å². The lowest BCUT2D eigenvalue weighted by atomic mass is 9.46. The number of aliphatic hydroxyl groups is 3. The third-order valence-electron chi connectivity index (χ3n) is 10.8. The quantitative estimate of drug-likeness (QED) is 0.312. The van der Waals surface area contributed by atoms with E-state index in [0.29, 0.717) is 25.9 Å². The highest BCUT2D eigenvalue weighted by molar-refractivity contribution is 5.95. The fraction of sp³-hybridized carbons (Fsp3) is 0.857. The Morgan fingerprint density at radius 1 is 1.11 bits per heavy atom. The number of hydrogen-bond acceptors (Lipinski definition) is 7. The summed E-state index contributed by atoms with van der Waals surface area (Å²) in [5.74, 6) is -0.153. The molecule has 0 radical (unpaired) electrons. The Morgan fingerprint density at radius 2 is 1.86 bits per heavy atom. The molecule has 0 spiro atoms. The van der Waals surface area contributed by atoms with Gasteiger partial charge in [-0.05, 0) is 94.4 Å². The van der Waals surface area contributed by atoms with Gasteiger partial charge < -0.3 is 20.2 Å². The van der Waals surface area contributed by atoms with E-state index >= 15 is 0 Å². The number of nitrogens with zero attached hydrogens (tertiary/aromatic N) is 2. The Hall–Kier alpha value is -1.28. The van der Waals surface area contributed by atoms with Crippen LogP contribution in [0.4, 0.5) is 0 Å². The molecule has 5 rings (SSSR count). The smallest absolute Gasteiger partial charge is 0.159 e. The number of likely N-dealkylation sites (tertiary alicyclic amines) is 1. The number of carbonyl (C=O) groups excluding carboxylic acids is 1. The molecule has 35 heavy (non-hydrogen) atoms. The Kier molecular flexibility index (Phi) is 6.69. The number of fused-ring (bicyclic) bond motifs is 5. The Morgan fingerprint density at radius 3 is 2.60 bits per heavy atom. The van der Waals surface area contributed by atoms with Gasteiger partial charge in [0, 0.05) is 23.8 Å². The van der Waals surface area contributed by atoms with Crippen LogP contribution in [0.1, 0.15) is 78.6 Å². The molecule has 1 aliphatic heterocycles. The van der Waals surface area contributed by atoms with Crippen LogP contribution in [0.25, 0.3) is 0 Å². The van der Waals surface area contributed by atoms with Gasteiger partial charge in [-0.2, -0.15) is 0 Å². The highest BCUT2D eigenvalue weighted by Gasteiger charge is 2.66. The van der Waals surface area contributed by atoms with Crippen molar-refractivity contribution in [1.29, 1.82) is 0 Å². The molecule has 0 amide bonds. The maximum absolute atomic E-state index is 13.3. The molecule has 3 saturated carbocycles. The molecule has 0 aromatic heterocycles. The molecular formula is C28H44N2O5. The van der Waals surface area contributed by atoms with Gasteiger partial charge in [0.05, 0.1) is 23.5 Å². The van der Waals surface area contributed by atoms with Gasteiger partial charge in [-0.3, -0.25) is 9.69 Å². The summed E-state index contributed by atoms with van der Waals surface area (Å²) in [5.41, 5.74) is -0.107. The van der Waals surface area contributed by atoms with Crippen LogP contribution in [0.5, 0.6) is 0 Å². The molecule has 0 bridgehead atoms. The van der Waals surface area contributed by atoms with Gasteiger partial charge in [0.2, 0.25) is 0 Å². The number of allylic oxidation sites excluding steroid dienone is 1. The number of ketones is 1. The van der Waals surface area contributed by atoms with E-state index in [4.69, 9.17) is 4.84 Å². The standard InChI is InChI=1S/C28H44N2O5/c1-18(29-35-14-13-30-11-5-4-6-12-30)19-8-10-28(34)21-15-23(31)22-16-24(32)25(33)17-26(22,2)20(21)7-9-27(19,28)3/h15,19-20,22,24-25,32-34H,4-14,16-17H2,1-3H3/b29-18-/t19-,20?,22+,24-,25+,26-,27-,28-/m1/s1. The number of oxime groups is 1. The maximum Gasteiger partial charge on any atom is 0.159 e. The van der Waals surface area contributed by atoms with E-state index in [9.17, 15) is 20.1 Å². The van der Waals surface area contributed by atoms with Crippen LogP contribution in [-0.4, -0.2) is 75.8 Å². The van der Waals surface area contributed by atoms with Crippen molar-refractivity contribution in [3.63, 3.8) is 0 Å². The van der Waals surface area contributed by atoms with Crippen molar-refractivity contribution in [3.8, 4) is 0 Å². The average molecular weight is 489 g/mol. The van der Waals surface area contributed by atoms with E-state index in [1.165, 1.54) is 19.3 Å². The average Bonchev–Trinajstić information content (AvgIpc) is 3.11. The monoisotopic (exact) mass is 488 g/mol. The molecule has 0 aromatic rings. The summed E-state index contributed by atoms with van der Waals surface area (Å²) in [6, 6.07) is 0. The number of carbonyl (C=O) groups is 1. The minimum absolute atomic E-state index is 0.00254. The molecule has 4 aliphatic carbocycles. The molecule has 196 valence electrons. The van der Waals surface area contributed by atoms with E-state index in [-0.39, 0.29) is 23.5 Å². The van der Waals surface area contributed by atoms with Crippen molar-refractivity contribution in [2.24, 2.45) is 33.7 Å². The van der Waals surface area contributed by atoms with E-state index in [0.717, 1.165) is 50.2 Å². The van der Waals surface area contributed by atoms with E-state index in [1.54, 1.807) is 6.08 Å². The van der Waals surface area contributed by atoms with Crippen molar-refractivity contribution in [2.75, 3.05) is 26.2 Å². The molecule has 0 aromatic carbocycles. The highest BCUT2D eigenvalue weighted by Crippen LogP contribution is 2.67. The van der Waals surface area contributed by atoms with E-state index in [2.05, 4.69) is 23.9 Å². The lowest BCUT2D eigenvalue weighted by Crippen LogP contribution is -2.60. The first-order valence-electron chi connectivity index (χ1n) is 13.8. The van der Waals surface area contributed by atoms with Gasteiger partial charge in [0.25, 0.3) is 0 Å². The Bertz CT molecular complexity index is 898. The van der Waals surface area contributed by atoms with Crippen LogP contribution in [0.3, 0.4) is 0 Å². The summed E-state index contributed by atoms with van der Waals surface area (Å²) in [6.45, 7) is 10.0. The van der Waals surface area contributed by atoms with Crippen LogP contribution in [0.2, 0.25) is 0 Å². The predicted molar refractivity (Wildman–Crippen MR) is 134 cm³/mol. The van der Waals surface area contributed by atoms with Gasteiger partial charge in [-0.25, -0.2) is 0 Å². The van der Waals surface area contributed by atoms with Gasteiger partial charge in [0.15, 0.2) is 5.78 Å². The van der Waals surface area contributed by atoms with E-state index in [1.807, 2.05) is 6.92 Å². The minimum atomic E-state index is -1.06. The van der Waals surface area contributed by atoms with Crippen LogP contribution in [0, 0.1) is 28.6 Å². The first kappa shape index (κ1) is 25.4. The summed E-state index contributed by atoms with van der Waals surface area (Å²) >= 11 is 0. The lowest BCUT2D eigenvalue weighted by molar-refractivity contribution is -0.151. The van der Waals surface area contributed by atoms with E-state index < -0.39 is 28.6 Å². The molecule has 5 aliphatic rings. The second-order valence-corrected chi connectivity index (χ2v) is 12.6. The van der Waals surface area contributed by atoms with Gasteiger partial charge in [0.1, 0.15) is 6.61 Å². The largest absolute Gasteiger partial charge is 0.394 e. The molecule has 4 fully saturated rings. The van der Waals surface area contributed by atoms with Gasteiger partial charge >= 0.3 is 0 Å². The van der Waals surface area contributed by atoms with Gasteiger partial charge in [-0.1, -0.05) is 25.4 Å². The number of rotatable bonds is 5. The number of aliphatic hydroxyl groups excluding tert-OH is 2. The van der Waals surface area contributed by atoms with Crippen LogP contribution in [0.15, 0.2) is 16.8 Å². The second-order valence-electron chi connectivity index (χ2n) is 12.6. The first-order chi connectivity index (χ1) is 16.6. The van der Waals surface area contributed by atoms with Crippen molar-refractivity contribution in [3.05, 3.63) is 11.6 Å². The zero-order chi connectivity index (χ0) is 25.0. The van der Waals surface area contributed by atoms with Crippen molar-refractivity contribution in [1.82, 2.24) is 4.90 Å². The number of piperidine rings is 1. The molecule has 8 atom stereocenters. The van der Waals surface area contributed by atoms with Crippen LogP contribution < -0.4 is 0 Å². The second kappa shape index (κ2) is 9.23. The summed E-state index contributed by atoms with van der Waals surface area (Å²) in [4.78, 5) is 21.5. The molecule has 1 heterocycles. The van der Waals surface area contributed by atoms with Crippen LogP contribution >= 0.6 is 0 Å².